The summed E-state index contributed by atoms with van der Waals surface area (Å²) < 4.78 is 22.4. The molecule has 4 fully saturated rings. The molecule has 9 aromatic rings. The van der Waals surface area contributed by atoms with E-state index in [1.54, 1.807) is 120 Å². The fourth-order valence-corrected chi connectivity index (χ4v) is 14.0. The smallest absolute Gasteiger partial charge is 0.323 e. The Morgan fingerprint density at radius 1 is 0.412 bits per heavy atom. The third kappa shape index (κ3) is 16.4. The van der Waals surface area contributed by atoms with E-state index in [2.05, 4.69) is 105 Å². The van der Waals surface area contributed by atoms with Crippen molar-refractivity contribution in [3.8, 4) is 76.4 Å². The predicted octanol–water partition coefficient (Wildman–Crippen LogP) is 2.97. The van der Waals surface area contributed by atoms with Gasteiger partial charge >= 0.3 is 24.1 Å². The number of carbonyl (C=O) groups excluding carboxylic acids is 12. The zero-order chi connectivity index (χ0) is 84.1. The first-order chi connectivity index (χ1) is 57.2. The first kappa shape index (κ1) is 79.1. The number of methoxy groups -OCH3 is 4. The number of aryl methyl sites for hydroxylation is 1. The molecule has 594 valence electrons. The molecule has 0 bridgehead atoms. The van der Waals surface area contributed by atoms with Crippen LogP contribution in [0.5, 0.6) is 23.0 Å². The molecular weight excluding hydrogens is 1530 g/mol. The Morgan fingerprint density at radius 2 is 0.782 bits per heavy atom. The number of nitrogens with zero attached hydrogens (tertiary/aromatic N) is 8. The molecule has 0 spiro atoms. The zero-order valence-corrected chi connectivity index (χ0v) is 63.8. The lowest BCUT2D eigenvalue weighted by Crippen LogP contribution is -2.54. The van der Waals surface area contributed by atoms with Crippen LogP contribution in [0, 0.1) is 58.7 Å². The predicted molar refractivity (Wildman–Crippen MR) is 419 cm³/mol. The molecule has 34 nitrogen and oxygen atoms in total. The Hall–Kier alpha value is -16.5. The second kappa shape index (κ2) is 32.5. The van der Waals surface area contributed by atoms with E-state index < -0.39 is 75.5 Å². The van der Waals surface area contributed by atoms with Gasteiger partial charge in [-0.1, -0.05) is 77.7 Å². The molecule has 16 amide bonds. The number of carbonyl (C=O) groups is 12. The number of urea groups is 4. The molecular formula is C85H67N17O17. The Kier molecular flexibility index (Phi) is 21.6. The quantitative estimate of drug-likeness (QED) is 0.0627. The van der Waals surface area contributed by atoms with Gasteiger partial charge in [-0.2, -0.15) is 10.4 Å². The van der Waals surface area contributed by atoms with E-state index >= 15 is 0 Å². The molecule has 119 heavy (non-hydrogen) atoms. The summed E-state index contributed by atoms with van der Waals surface area (Å²) in [6.07, 6.45) is 6.52. The SMILES string of the molecule is COc1ccc2c(c1)C(=O)N(C[C@@]1(C#Cc3ccc4cn(C)nc4c3)NC(=O)NC1=O)C2.COc1ccc2c(c1)C(=O)N(C[C@@]1(C#Cc3ccc[nH]c3=O)NC(=O)NC1=O)C2.COc1ccc2c(c1)C(=O)N(C[C@@]1(C#Cc3cccc(C#N)c3)NC(=O)NC1=O)C2.COc1ccc2c(c1)C(=O)N(C[C@@]1(C#Cc3cccnc3)NC(=O)NC1=O)C2. The summed E-state index contributed by atoms with van der Waals surface area (Å²) in [6.45, 7) is 0.726. The lowest BCUT2D eigenvalue weighted by atomic mass is 9.99. The third-order valence-corrected chi connectivity index (χ3v) is 20.0. The number of aromatic nitrogens is 4. The molecule has 8 aliphatic rings. The number of nitrogens with one attached hydrogen (secondary N) is 9. The van der Waals surface area contributed by atoms with Crippen molar-refractivity contribution in [2.24, 2.45) is 7.05 Å². The number of benzene rings is 6. The highest BCUT2D eigenvalue weighted by Crippen LogP contribution is 2.34. The number of ether oxygens (including phenoxy) is 4. The number of hydrogen-bond donors (Lipinski definition) is 9. The molecule has 0 radical (unpaired) electrons. The third-order valence-electron chi connectivity index (χ3n) is 20.0. The highest BCUT2D eigenvalue weighted by molar-refractivity contribution is 6.13. The average Bonchev–Trinajstić information content (AvgIpc) is 1.63. The summed E-state index contributed by atoms with van der Waals surface area (Å²) in [5.41, 5.74) is 1.53. The summed E-state index contributed by atoms with van der Waals surface area (Å²) in [6, 6.07) is 38.9. The van der Waals surface area contributed by atoms with Crippen molar-refractivity contribution in [3.63, 3.8) is 0 Å². The summed E-state index contributed by atoms with van der Waals surface area (Å²) in [7, 11) is 7.92. The maximum Gasteiger partial charge on any atom is 0.323 e. The van der Waals surface area contributed by atoms with Gasteiger partial charge < -0.3 is 64.8 Å². The molecule has 3 aromatic heterocycles. The van der Waals surface area contributed by atoms with Gasteiger partial charge in [-0.25, -0.2) is 19.2 Å². The minimum Gasteiger partial charge on any atom is -0.497 e. The first-order valence-corrected chi connectivity index (χ1v) is 36.3. The van der Waals surface area contributed by atoms with Crippen LogP contribution >= 0.6 is 0 Å². The standard InChI is InChI=1S/C23H19N5O4.C22H16N4O4.C20H16N4O5.C20H16N4O4/c1-27-11-16-4-3-14(9-19(16)26-27)7-8-23(21(30)24-22(31)25-23)13-28-12-15-5-6-17(32-2)10-18(15)20(28)29;1-30-17-6-5-16-12-26(19(27)18(16)10-17)13-22(20(28)24-21(29)25-22)8-7-14-3-2-4-15(9-14)11-23;1-29-14-5-4-13-10-24(17(26)15(13)9-14)11-20(18(27)22-19(28)23-20)7-6-12-3-2-8-21-16(12)25;1-28-15-5-4-14-11-24(17(25)16(14)9-15)12-20(18(26)22-19(27)23-20)7-6-13-3-2-8-21-10-13/h3-6,9-11H,12-13H2,1-2H3,(H2,24,25,30,31);2-6,9-10H,12-13H2,1H3,(H2,24,25,28,29);2-5,8-9H,10-11H2,1H3,(H,21,25)(H2,22,23,27,28);2-5,8-10H,11-12H2,1H3,(H2,22,23,26,27)/t23-;22-;2*20-/m1111/s1. The van der Waals surface area contributed by atoms with E-state index in [0.29, 0.717) is 80.6 Å². The fraction of sp³-hybridized carbons (Fsp3) is 0.200. The Morgan fingerprint density at radius 3 is 1.13 bits per heavy atom. The monoisotopic (exact) mass is 1600 g/mol. The number of pyridine rings is 2. The molecule has 17 rings (SSSR count). The number of imide groups is 4. The number of hydrogen-bond acceptors (Lipinski definition) is 20. The fourth-order valence-electron chi connectivity index (χ4n) is 14.0. The normalized spacial score (nSPS) is 19.7. The summed E-state index contributed by atoms with van der Waals surface area (Å²) in [5.74, 6) is 21.3. The van der Waals surface area contributed by atoms with E-state index in [-0.39, 0.29) is 68.5 Å². The number of fused-ring (bicyclic) bond motifs is 5. The van der Waals surface area contributed by atoms with Crippen LogP contribution in [0.15, 0.2) is 169 Å². The number of rotatable bonds is 12. The van der Waals surface area contributed by atoms with Gasteiger partial charge in [-0.15, -0.1) is 0 Å². The van der Waals surface area contributed by atoms with Crippen LogP contribution < -0.4 is 67.0 Å². The molecule has 4 saturated heterocycles. The summed E-state index contributed by atoms with van der Waals surface area (Å²) >= 11 is 0. The molecule has 6 aromatic carbocycles. The maximum absolute atomic E-state index is 13.0. The van der Waals surface area contributed by atoms with E-state index in [1.807, 2.05) is 49.6 Å². The Labute approximate surface area is 676 Å². The van der Waals surface area contributed by atoms with Gasteiger partial charge in [0, 0.05) is 102 Å². The summed E-state index contributed by atoms with van der Waals surface area (Å²) in [5, 5.41) is 33.4. The Balaban J connectivity index is 0.000000130. The van der Waals surface area contributed by atoms with Gasteiger partial charge in [0.2, 0.25) is 22.2 Å². The molecule has 9 N–H and O–H groups in total. The highest BCUT2D eigenvalue weighted by Gasteiger charge is 2.52. The molecule has 34 heteroatoms. The van der Waals surface area contributed by atoms with Gasteiger partial charge in [0.1, 0.15) is 23.0 Å². The van der Waals surface area contributed by atoms with Gasteiger partial charge in [0.15, 0.2) is 0 Å². The second-order valence-corrected chi connectivity index (χ2v) is 27.9. The molecule has 4 atom stereocenters. The van der Waals surface area contributed by atoms with Crippen molar-refractivity contribution in [2.45, 2.75) is 48.3 Å². The lowest BCUT2D eigenvalue weighted by Gasteiger charge is -2.26. The van der Waals surface area contributed by atoms with Crippen LogP contribution in [0.4, 0.5) is 19.2 Å². The van der Waals surface area contributed by atoms with Crippen molar-refractivity contribution in [3.05, 3.63) is 247 Å². The number of amides is 16. The van der Waals surface area contributed by atoms with Crippen LogP contribution in [0.2, 0.25) is 0 Å². The van der Waals surface area contributed by atoms with E-state index in [9.17, 15) is 62.3 Å². The molecule has 0 saturated carbocycles. The van der Waals surface area contributed by atoms with E-state index in [0.717, 1.165) is 33.2 Å². The largest absolute Gasteiger partial charge is 0.497 e. The van der Waals surface area contributed by atoms with E-state index in [1.165, 1.54) is 60.3 Å². The van der Waals surface area contributed by atoms with Crippen molar-refractivity contribution in [1.29, 1.82) is 5.26 Å². The van der Waals surface area contributed by atoms with E-state index in [4.69, 9.17) is 24.2 Å². The van der Waals surface area contributed by atoms with Crippen LogP contribution in [0.1, 0.15) is 91.5 Å². The number of nitriles is 1. The van der Waals surface area contributed by atoms with Gasteiger partial charge in [0.25, 0.3) is 52.8 Å². The number of aromatic amines is 1. The van der Waals surface area contributed by atoms with Crippen molar-refractivity contribution >= 4 is 82.3 Å². The first-order valence-electron chi connectivity index (χ1n) is 36.3. The van der Waals surface area contributed by atoms with Crippen LogP contribution in [0.25, 0.3) is 10.9 Å². The summed E-state index contributed by atoms with van der Waals surface area (Å²) in [4.78, 5) is 174. The van der Waals surface area contributed by atoms with Crippen LogP contribution in [-0.4, -0.2) is 188 Å². The van der Waals surface area contributed by atoms with Crippen molar-refractivity contribution in [2.75, 3.05) is 54.6 Å². The minimum absolute atomic E-state index is 0.0757. The van der Waals surface area contributed by atoms with Gasteiger partial charge in [-0.3, -0.25) is 74.1 Å². The van der Waals surface area contributed by atoms with Crippen molar-refractivity contribution < 1.29 is 76.5 Å². The van der Waals surface area contributed by atoms with Crippen LogP contribution in [0.3, 0.4) is 0 Å². The molecule has 0 unspecified atom stereocenters. The lowest BCUT2D eigenvalue weighted by molar-refractivity contribution is -0.123. The second-order valence-electron chi connectivity index (χ2n) is 27.9. The highest BCUT2D eigenvalue weighted by atomic mass is 16.5. The zero-order valence-electron chi connectivity index (χ0n) is 63.8. The van der Waals surface area contributed by atoms with Crippen LogP contribution in [-0.2, 0) is 52.4 Å². The average molecular weight is 1600 g/mol. The molecule has 0 aliphatic carbocycles. The van der Waals surface area contributed by atoms with Gasteiger partial charge in [-0.05, 0) is 131 Å². The topological polar surface area (TPSA) is 438 Å². The van der Waals surface area contributed by atoms with Gasteiger partial charge in [0.05, 0.1) is 77.3 Å². The number of H-pyrrole nitrogens is 1. The Bertz CT molecular complexity index is 6250. The minimum atomic E-state index is -1.67. The maximum atomic E-state index is 13.0. The molecule has 8 aliphatic heterocycles. The molecule has 11 heterocycles. The van der Waals surface area contributed by atoms with Crippen molar-refractivity contribution in [1.82, 2.24) is 81.9 Å².